The summed E-state index contributed by atoms with van der Waals surface area (Å²) >= 11 is 0. The number of nitrogens with zero attached hydrogens (tertiary/aromatic N) is 1. The van der Waals surface area contributed by atoms with Gasteiger partial charge in [0.25, 0.3) is 0 Å². The van der Waals surface area contributed by atoms with Gasteiger partial charge in [0.2, 0.25) is 0 Å². The molecule has 2 aromatic rings. The van der Waals surface area contributed by atoms with Crippen LogP contribution in [0.4, 0.5) is 4.79 Å². The number of ether oxygens (including phenoxy) is 2. The normalized spacial score (nSPS) is 11.0. The highest BCUT2D eigenvalue weighted by Gasteiger charge is 2.30. The van der Waals surface area contributed by atoms with Crippen LogP contribution in [0.25, 0.3) is 0 Å². The van der Waals surface area contributed by atoms with Gasteiger partial charge in [-0.25, -0.2) is 9.59 Å². The van der Waals surface area contributed by atoms with Gasteiger partial charge in [0, 0.05) is 6.42 Å². The molecular formula is C24H31N3O5. The Morgan fingerprint density at radius 3 is 2.12 bits per heavy atom. The van der Waals surface area contributed by atoms with Crippen LogP contribution in [0.2, 0.25) is 0 Å². The highest BCUT2D eigenvalue weighted by molar-refractivity contribution is 5.95. The zero-order valence-corrected chi connectivity index (χ0v) is 18.8. The van der Waals surface area contributed by atoms with Crippen molar-refractivity contribution < 1.29 is 24.2 Å². The van der Waals surface area contributed by atoms with Crippen molar-refractivity contribution in [2.24, 2.45) is 5.73 Å². The number of aryl methyl sites for hydroxylation is 1. The van der Waals surface area contributed by atoms with Gasteiger partial charge >= 0.3 is 12.0 Å². The van der Waals surface area contributed by atoms with Crippen LogP contribution in [-0.4, -0.2) is 40.6 Å². The molecule has 0 saturated heterocycles. The van der Waals surface area contributed by atoms with E-state index in [0.717, 1.165) is 16.7 Å². The van der Waals surface area contributed by atoms with Gasteiger partial charge in [-0.1, -0.05) is 36.4 Å². The number of primary amides is 1. The number of benzene rings is 2. The van der Waals surface area contributed by atoms with Crippen molar-refractivity contribution in [3.63, 3.8) is 0 Å². The molecule has 8 heteroatoms. The Morgan fingerprint density at radius 1 is 1.03 bits per heavy atom. The molecule has 2 rings (SSSR count). The predicted octanol–water partition coefficient (Wildman–Crippen LogP) is 3.39. The molecule has 2 amide bonds. The first-order valence-electron chi connectivity index (χ1n) is 10.4. The molecule has 0 bridgehead atoms. The maximum absolute atomic E-state index is 11.8. The lowest BCUT2D eigenvalue weighted by Gasteiger charge is -2.23. The Hall–Kier alpha value is -3.39. The quantitative estimate of drug-likeness (QED) is 0.296. The number of nitrogens with two attached hydrogens (primary N) is 1. The van der Waals surface area contributed by atoms with Crippen LogP contribution in [-0.2, 0) is 29.1 Å². The average Bonchev–Trinajstić information content (AvgIpc) is 2.77. The summed E-state index contributed by atoms with van der Waals surface area (Å²) < 4.78 is 10.4. The second-order valence-electron chi connectivity index (χ2n) is 7.95. The van der Waals surface area contributed by atoms with E-state index >= 15 is 0 Å². The minimum Gasteiger partial charge on any atom is -0.476 e. The Bertz CT molecular complexity index is 924. The molecule has 0 radical (unpaired) electrons. The molecule has 32 heavy (non-hydrogen) atoms. The van der Waals surface area contributed by atoms with Gasteiger partial charge in [-0.3, -0.25) is 10.3 Å². The number of carbonyl (C=O) groups is 2. The molecule has 0 aliphatic heterocycles. The monoisotopic (exact) mass is 441 g/mol. The molecule has 4 N–H and O–H groups in total. The second kappa shape index (κ2) is 11.3. The van der Waals surface area contributed by atoms with E-state index in [0.29, 0.717) is 25.0 Å². The number of rotatable bonds is 10. The zero-order valence-electron chi connectivity index (χ0n) is 18.8. The van der Waals surface area contributed by atoms with E-state index < -0.39 is 17.6 Å². The molecule has 0 aromatic heterocycles. The van der Waals surface area contributed by atoms with E-state index in [-0.39, 0.29) is 19.0 Å². The predicted molar refractivity (Wildman–Crippen MR) is 121 cm³/mol. The molecule has 0 atom stereocenters. The van der Waals surface area contributed by atoms with Crippen molar-refractivity contribution in [1.29, 1.82) is 5.41 Å². The molecule has 0 saturated carbocycles. The lowest BCUT2D eigenvalue weighted by Crippen LogP contribution is -2.39. The van der Waals surface area contributed by atoms with Crippen LogP contribution < -0.4 is 10.5 Å². The van der Waals surface area contributed by atoms with Gasteiger partial charge in [0.15, 0.2) is 5.60 Å². The van der Waals surface area contributed by atoms with E-state index in [1.54, 1.807) is 50.2 Å². The Balaban J connectivity index is 1.88. The smallest absolute Gasteiger partial charge is 0.349 e. The average molecular weight is 442 g/mol. The fraction of sp³-hybridized carbons (Fsp3) is 0.375. The standard InChI is InChI=1S/C24H31N3O5/c1-24(2,22(29)31-3)32-20-13-11-17(12-14-20)5-4-6-21(25)27(23(26)30)15-18-7-9-19(16-28)10-8-18/h7-14,25,28H,4-6,15-16H2,1-3H3,(H2,26,30). The first kappa shape index (κ1) is 24.9. The number of hydrogen-bond donors (Lipinski definition) is 3. The summed E-state index contributed by atoms with van der Waals surface area (Å²) in [6, 6.07) is 13.9. The number of nitrogens with one attached hydrogen (secondary N) is 1. The van der Waals surface area contributed by atoms with Crippen LogP contribution in [0.3, 0.4) is 0 Å². The fourth-order valence-electron chi connectivity index (χ4n) is 3.14. The highest BCUT2D eigenvalue weighted by Crippen LogP contribution is 2.21. The zero-order chi connectivity index (χ0) is 23.7. The van der Waals surface area contributed by atoms with Gasteiger partial charge in [-0.15, -0.1) is 0 Å². The highest BCUT2D eigenvalue weighted by atomic mass is 16.6. The van der Waals surface area contributed by atoms with Crippen LogP contribution in [0, 0.1) is 5.41 Å². The molecule has 0 spiro atoms. The van der Waals surface area contributed by atoms with E-state index in [1.807, 2.05) is 12.1 Å². The number of methoxy groups -OCH3 is 1. The molecule has 2 aromatic carbocycles. The number of carbonyl (C=O) groups excluding carboxylic acids is 2. The number of esters is 1. The minimum atomic E-state index is -1.08. The summed E-state index contributed by atoms with van der Waals surface area (Å²) in [7, 11) is 1.32. The van der Waals surface area contributed by atoms with Crippen molar-refractivity contribution in [2.75, 3.05) is 7.11 Å². The van der Waals surface area contributed by atoms with Gasteiger partial charge in [-0.2, -0.15) is 0 Å². The Labute approximate surface area is 188 Å². The topological polar surface area (TPSA) is 126 Å². The summed E-state index contributed by atoms with van der Waals surface area (Å²) in [4.78, 5) is 24.8. The molecule has 0 heterocycles. The van der Waals surface area contributed by atoms with E-state index in [1.165, 1.54) is 12.0 Å². The van der Waals surface area contributed by atoms with E-state index in [9.17, 15) is 9.59 Å². The van der Waals surface area contributed by atoms with Crippen LogP contribution in [0.5, 0.6) is 5.75 Å². The third-order valence-electron chi connectivity index (χ3n) is 4.99. The molecule has 0 unspecified atom stereocenters. The first-order chi connectivity index (χ1) is 15.2. The van der Waals surface area contributed by atoms with E-state index in [4.69, 9.17) is 25.7 Å². The summed E-state index contributed by atoms with van der Waals surface area (Å²) in [5, 5.41) is 17.4. The maximum Gasteiger partial charge on any atom is 0.349 e. The molecule has 8 nitrogen and oxygen atoms in total. The van der Waals surface area contributed by atoms with Crippen molar-refractivity contribution in [1.82, 2.24) is 4.90 Å². The van der Waals surface area contributed by atoms with Gasteiger partial charge in [-0.05, 0) is 55.5 Å². The lowest BCUT2D eigenvalue weighted by atomic mass is 10.1. The number of urea groups is 1. The Kier molecular flexibility index (Phi) is 8.78. The summed E-state index contributed by atoms with van der Waals surface area (Å²) in [5.41, 5.74) is 7.06. The first-order valence-corrected chi connectivity index (χ1v) is 10.4. The van der Waals surface area contributed by atoms with Crippen LogP contribution in [0.1, 0.15) is 43.4 Å². The van der Waals surface area contributed by atoms with Crippen molar-refractivity contribution >= 4 is 17.8 Å². The van der Waals surface area contributed by atoms with Gasteiger partial charge < -0.3 is 20.3 Å². The molecule has 0 aliphatic rings. The summed E-state index contributed by atoms with van der Waals surface area (Å²) in [6.07, 6.45) is 1.77. The number of hydrogen-bond acceptors (Lipinski definition) is 6. The largest absolute Gasteiger partial charge is 0.476 e. The third kappa shape index (κ3) is 7.09. The van der Waals surface area contributed by atoms with Gasteiger partial charge in [0.1, 0.15) is 11.6 Å². The molecule has 172 valence electrons. The van der Waals surface area contributed by atoms with Crippen molar-refractivity contribution in [2.45, 2.75) is 51.9 Å². The SMILES string of the molecule is COC(=O)C(C)(C)Oc1ccc(CCCC(=N)N(Cc2ccc(CO)cc2)C(N)=O)cc1. The minimum absolute atomic E-state index is 0.0498. The number of amidine groups is 1. The van der Waals surface area contributed by atoms with Crippen LogP contribution >= 0.6 is 0 Å². The number of amides is 2. The lowest BCUT2D eigenvalue weighted by molar-refractivity contribution is -0.156. The van der Waals surface area contributed by atoms with Crippen molar-refractivity contribution in [3.05, 3.63) is 65.2 Å². The fourth-order valence-corrected chi connectivity index (χ4v) is 3.14. The van der Waals surface area contributed by atoms with Crippen molar-refractivity contribution in [3.8, 4) is 5.75 Å². The summed E-state index contributed by atoms with van der Waals surface area (Å²) in [5.74, 6) is 0.260. The second-order valence-corrected chi connectivity index (χ2v) is 7.95. The Morgan fingerprint density at radius 2 is 1.59 bits per heavy atom. The van der Waals surface area contributed by atoms with Gasteiger partial charge in [0.05, 0.1) is 20.3 Å². The molecule has 0 fully saturated rings. The summed E-state index contributed by atoms with van der Waals surface area (Å²) in [6.45, 7) is 3.45. The number of aliphatic hydroxyl groups excluding tert-OH is 1. The number of aliphatic hydroxyl groups is 1. The van der Waals surface area contributed by atoms with Crippen LogP contribution in [0.15, 0.2) is 48.5 Å². The molecule has 0 aliphatic carbocycles. The van der Waals surface area contributed by atoms with E-state index in [2.05, 4.69) is 0 Å². The molecular weight excluding hydrogens is 410 g/mol. The maximum atomic E-state index is 11.8. The third-order valence-corrected chi connectivity index (χ3v) is 4.99.